The second-order valence-corrected chi connectivity index (χ2v) is 8.17. The largest absolute Gasteiger partial charge is 0.496 e. The van der Waals surface area contributed by atoms with Crippen LogP contribution in [0.4, 0.5) is 11.4 Å². The summed E-state index contributed by atoms with van der Waals surface area (Å²) in [6, 6.07) is 15.0. The lowest BCUT2D eigenvalue weighted by Crippen LogP contribution is -2.14. The molecule has 0 aromatic heterocycles. The Kier molecular flexibility index (Phi) is 7.02. The lowest BCUT2D eigenvalue weighted by Gasteiger charge is -2.13. The fraction of sp³-hybridized carbons (Fsp3) is 0.0909. The van der Waals surface area contributed by atoms with Gasteiger partial charge in [0.2, 0.25) is 0 Å². The van der Waals surface area contributed by atoms with Crippen molar-refractivity contribution in [1.29, 1.82) is 0 Å². The van der Waals surface area contributed by atoms with Gasteiger partial charge in [0, 0.05) is 20.9 Å². The lowest BCUT2D eigenvalue weighted by atomic mass is 10.1. The summed E-state index contributed by atoms with van der Waals surface area (Å²) in [6.07, 6.45) is 0. The molecule has 3 aromatic rings. The van der Waals surface area contributed by atoms with E-state index in [4.69, 9.17) is 27.9 Å². The molecule has 3 aromatic carbocycles. The number of methoxy groups -OCH3 is 1. The van der Waals surface area contributed by atoms with Crippen molar-refractivity contribution in [2.45, 2.75) is 6.92 Å². The smallest absolute Gasteiger partial charge is 0.259 e. The minimum Gasteiger partial charge on any atom is -0.496 e. The minimum atomic E-state index is -0.359. The first-order valence-corrected chi connectivity index (χ1v) is 10.4. The molecule has 5 nitrogen and oxygen atoms in total. The van der Waals surface area contributed by atoms with Crippen molar-refractivity contribution in [3.8, 4) is 5.75 Å². The summed E-state index contributed by atoms with van der Waals surface area (Å²) in [5, 5.41) is 6.30. The van der Waals surface area contributed by atoms with Gasteiger partial charge in [0.15, 0.2) is 0 Å². The van der Waals surface area contributed by atoms with Crippen molar-refractivity contribution in [2.75, 3.05) is 17.7 Å². The van der Waals surface area contributed by atoms with Gasteiger partial charge in [0.1, 0.15) is 5.75 Å². The van der Waals surface area contributed by atoms with E-state index in [1.54, 1.807) is 42.5 Å². The Morgan fingerprint density at radius 2 is 1.43 bits per heavy atom. The van der Waals surface area contributed by atoms with Gasteiger partial charge in [-0.3, -0.25) is 9.59 Å². The van der Waals surface area contributed by atoms with Gasteiger partial charge >= 0.3 is 0 Å². The molecule has 0 aliphatic carbocycles. The molecular weight excluding hydrogens is 491 g/mol. The summed E-state index contributed by atoms with van der Waals surface area (Å²) in [5.41, 5.74) is 2.70. The SMILES string of the molecule is COc1c(C)cc(Br)cc1C(=O)Nc1ccc(NC(=O)c2ccc(Cl)cc2Cl)cc1. The molecule has 0 bridgehead atoms. The van der Waals surface area contributed by atoms with Crippen molar-refractivity contribution in [1.82, 2.24) is 0 Å². The first kappa shape index (κ1) is 22.2. The number of ether oxygens (including phenoxy) is 1. The number of hydrogen-bond donors (Lipinski definition) is 2. The topological polar surface area (TPSA) is 67.4 Å². The number of halogens is 3. The molecule has 0 spiro atoms. The van der Waals surface area contributed by atoms with Crippen molar-refractivity contribution in [2.24, 2.45) is 0 Å². The molecule has 0 saturated heterocycles. The van der Waals surface area contributed by atoms with Gasteiger partial charge in [0.05, 0.1) is 23.3 Å². The second kappa shape index (κ2) is 9.51. The monoisotopic (exact) mass is 506 g/mol. The predicted octanol–water partition coefficient (Wildman–Crippen LogP) is 6.58. The third-order valence-corrected chi connectivity index (χ3v) is 5.27. The Morgan fingerprint density at radius 1 is 0.867 bits per heavy atom. The van der Waals surface area contributed by atoms with Crippen LogP contribution in [-0.4, -0.2) is 18.9 Å². The number of rotatable bonds is 5. The van der Waals surface area contributed by atoms with E-state index in [-0.39, 0.29) is 16.8 Å². The number of carbonyl (C=O) groups is 2. The standard InChI is InChI=1S/C22H17BrCl2N2O3/c1-12-9-13(23)10-18(20(12)30-2)22(29)27-16-6-4-15(5-7-16)26-21(28)17-8-3-14(24)11-19(17)25/h3-11H,1-2H3,(H,26,28)(H,27,29). The molecule has 0 fully saturated rings. The van der Waals surface area contributed by atoms with Crippen LogP contribution in [0.15, 0.2) is 59.1 Å². The van der Waals surface area contributed by atoms with Crippen LogP contribution in [-0.2, 0) is 0 Å². The fourth-order valence-electron chi connectivity index (χ4n) is 2.88. The van der Waals surface area contributed by atoms with Crippen LogP contribution >= 0.6 is 39.1 Å². The first-order chi connectivity index (χ1) is 14.3. The molecule has 0 heterocycles. The molecule has 2 amide bonds. The quantitative estimate of drug-likeness (QED) is 0.410. The highest BCUT2D eigenvalue weighted by molar-refractivity contribution is 9.10. The van der Waals surface area contributed by atoms with Gasteiger partial charge in [-0.2, -0.15) is 0 Å². The number of aryl methyl sites for hydroxylation is 1. The molecular formula is C22H17BrCl2N2O3. The molecule has 3 rings (SSSR count). The molecule has 0 radical (unpaired) electrons. The molecule has 8 heteroatoms. The van der Waals surface area contributed by atoms with Crippen molar-refractivity contribution < 1.29 is 14.3 Å². The maximum absolute atomic E-state index is 12.7. The van der Waals surface area contributed by atoms with E-state index >= 15 is 0 Å². The van der Waals surface area contributed by atoms with Crippen LogP contribution < -0.4 is 15.4 Å². The molecule has 0 aliphatic heterocycles. The van der Waals surface area contributed by atoms with Crippen molar-refractivity contribution in [3.05, 3.63) is 85.8 Å². The zero-order valence-electron chi connectivity index (χ0n) is 16.1. The molecule has 30 heavy (non-hydrogen) atoms. The Hall–Kier alpha value is -2.54. The highest BCUT2D eigenvalue weighted by Gasteiger charge is 2.16. The highest BCUT2D eigenvalue weighted by Crippen LogP contribution is 2.29. The van der Waals surface area contributed by atoms with E-state index in [1.165, 1.54) is 13.2 Å². The Labute approximate surface area is 192 Å². The molecule has 154 valence electrons. The third-order valence-electron chi connectivity index (χ3n) is 4.26. The number of amides is 2. The van der Waals surface area contributed by atoms with E-state index in [0.717, 1.165) is 10.0 Å². The molecule has 0 unspecified atom stereocenters. The molecule has 0 atom stereocenters. The normalized spacial score (nSPS) is 10.4. The summed E-state index contributed by atoms with van der Waals surface area (Å²) < 4.78 is 6.15. The average molecular weight is 508 g/mol. The zero-order valence-corrected chi connectivity index (χ0v) is 19.2. The van der Waals surface area contributed by atoms with Gasteiger partial charge in [-0.1, -0.05) is 39.1 Å². The summed E-state index contributed by atoms with van der Waals surface area (Å²) in [5.74, 6) is -0.150. The minimum absolute atomic E-state index is 0.266. The number of carbonyl (C=O) groups excluding carboxylic acids is 2. The van der Waals surface area contributed by atoms with Crippen LogP contribution in [0.5, 0.6) is 5.75 Å². The van der Waals surface area contributed by atoms with E-state index in [2.05, 4.69) is 26.6 Å². The van der Waals surface area contributed by atoms with E-state index in [0.29, 0.717) is 33.3 Å². The van der Waals surface area contributed by atoms with Crippen molar-refractivity contribution in [3.63, 3.8) is 0 Å². The van der Waals surface area contributed by atoms with Crippen molar-refractivity contribution >= 4 is 62.3 Å². The van der Waals surface area contributed by atoms with Crippen LogP contribution in [0.3, 0.4) is 0 Å². The van der Waals surface area contributed by atoms with Gasteiger partial charge < -0.3 is 15.4 Å². The number of nitrogens with one attached hydrogen (secondary N) is 2. The maximum atomic E-state index is 12.7. The first-order valence-electron chi connectivity index (χ1n) is 8.80. The second-order valence-electron chi connectivity index (χ2n) is 6.41. The third kappa shape index (κ3) is 5.14. The van der Waals surface area contributed by atoms with Crippen LogP contribution in [0.2, 0.25) is 10.0 Å². The summed E-state index contributed by atoms with van der Waals surface area (Å²) in [7, 11) is 1.53. The molecule has 0 aliphatic rings. The number of anilines is 2. The summed E-state index contributed by atoms with van der Waals surface area (Å²) in [6.45, 7) is 1.87. The predicted molar refractivity (Wildman–Crippen MR) is 124 cm³/mol. The van der Waals surface area contributed by atoms with Crippen LogP contribution in [0.1, 0.15) is 26.3 Å². The number of hydrogen-bond acceptors (Lipinski definition) is 3. The van der Waals surface area contributed by atoms with Gasteiger partial charge in [-0.25, -0.2) is 0 Å². The molecule has 0 saturated carbocycles. The van der Waals surface area contributed by atoms with Gasteiger partial charge in [-0.15, -0.1) is 0 Å². The van der Waals surface area contributed by atoms with Gasteiger partial charge in [-0.05, 0) is 67.1 Å². The fourth-order valence-corrected chi connectivity index (χ4v) is 3.94. The Morgan fingerprint density at radius 3 is 1.97 bits per heavy atom. The molecule has 2 N–H and O–H groups in total. The zero-order chi connectivity index (χ0) is 21.8. The summed E-state index contributed by atoms with van der Waals surface area (Å²) >= 11 is 15.3. The maximum Gasteiger partial charge on any atom is 0.259 e. The average Bonchev–Trinajstić information content (AvgIpc) is 2.68. The van der Waals surface area contributed by atoms with Crippen LogP contribution in [0.25, 0.3) is 0 Å². The van der Waals surface area contributed by atoms with E-state index in [9.17, 15) is 9.59 Å². The number of benzene rings is 3. The summed E-state index contributed by atoms with van der Waals surface area (Å²) in [4.78, 5) is 25.1. The van der Waals surface area contributed by atoms with Gasteiger partial charge in [0.25, 0.3) is 11.8 Å². The lowest BCUT2D eigenvalue weighted by molar-refractivity contribution is 0.101. The Balaban J connectivity index is 1.72. The highest BCUT2D eigenvalue weighted by atomic mass is 79.9. The van der Waals surface area contributed by atoms with E-state index < -0.39 is 0 Å². The van der Waals surface area contributed by atoms with E-state index in [1.807, 2.05) is 13.0 Å². The van der Waals surface area contributed by atoms with Crippen LogP contribution in [0, 0.1) is 6.92 Å². The Bertz CT molecular complexity index is 1120.